The molecule has 2 aromatic rings. The zero-order valence-corrected chi connectivity index (χ0v) is 13.0. The Labute approximate surface area is 125 Å². The maximum atomic E-state index is 4.81. The summed E-state index contributed by atoms with van der Waals surface area (Å²) in [4.78, 5) is 4.81. The predicted molar refractivity (Wildman–Crippen MR) is 87.2 cm³/mol. The highest BCUT2D eigenvalue weighted by Crippen LogP contribution is 2.19. The van der Waals surface area contributed by atoms with E-state index in [1.54, 1.807) is 0 Å². The van der Waals surface area contributed by atoms with Gasteiger partial charge in [-0.2, -0.15) is 11.8 Å². The minimum absolute atomic E-state index is 0.672. The molecule has 0 unspecified atom stereocenters. The molecule has 1 fully saturated rings. The Morgan fingerprint density at radius 1 is 1.30 bits per heavy atom. The zero-order chi connectivity index (χ0) is 13.8. The van der Waals surface area contributed by atoms with E-state index in [0.29, 0.717) is 6.04 Å². The van der Waals surface area contributed by atoms with E-state index in [9.17, 15) is 0 Å². The molecule has 1 aromatic heterocycles. The van der Waals surface area contributed by atoms with Crippen LogP contribution in [0, 0.1) is 0 Å². The first-order valence-corrected chi connectivity index (χ1v) is 8.79. The molecule has 1 aromatic carbocycles. The first-order valence-electron chi connectivity index (χ1n) is 7.63. The van der Waals surface area contributed by atoms with E-state index in [1.165, 1.54) is 35.7 Å². The standard InChI is InChI=1S/C16H23N3S/c1-2-9-19-15-6-4-3-5-14(15)18-16(19)12-17-13-7-10-20-11-8-13/h3-6,13,17H,2,7-12H2,1H3. The highest BCUT2D eigenvalue weighted by atomic mass is 32.2. The van der Waals surface area contributed by atoms with Gasteiger partial charge in [0.15, 0.2) is 0 Å². The number of fused-ring (bicyclic) bond motifs is 1. The lowest BCUT2D eigenvalue weighted by Gasteiger charge is -2.22. The van der Waals surface area contributed by atoms with E-state index in [-0.39, 0.29) is 0 Å². The molecule has 0 saturated carbocycles. The lowest BCUT2D eigenvalue weighted by atomic mass is 10.1. The summed E-state index contributed by atoms with van der Waals surface area (Å²) in [5, 5.41) is 3.70. The van der Waals surface area contributed by atoms with Gasteiger partial charge in [0.25, 0.3) is 0 Å². The summed E-state index contributed by atoms with van der Waals surface area (Å²) in [7, 11) is 0. The molecule has 3 nitrogen and oxygen atoms in total. The van der Waals surface area contributed by atoms with Crippen LogP contribution in [0.15, 0.2) is 24.3 Å². The van der Waals surface area contributed by atoms with Crippen molar-refractivity contribution in [3.05, 3.63) is 30.1 Å². The van der Waals surface area contributed by atoms with Crippen LogP contribution in [-0.4, -0.2) is 27.1 Å². The maximum Gasteiger partial charge on any atom is 0.123 e. The van der Waals surface area contributed by atoms with Gasteiger partial charge in [0, 0.05) is 12.6 Å². The molecule has 3 rings (SSSR count). The number of aryl methyl sites for hydroxylation is 1. The summed E-state index contributed by atoms with van der Waals surface area (Å²) in [6.45, 7) is 4.17. The van der Waals surface area contributed by atoms with Gasteiger partial charge < -0.3 is 9.88 Å². The Morgan fingerprint density at radius 3 is 2.90 bits per heavy atom. The van der Waals surface area contributed by atoms with Crippen LogP contribution in [0.3, 0.4) is 0 Å². The Morgan fingerprint density at radius 2 is 2.10 bits per heavy atom. The number of nitrogens with zero attached hydrogens (tertiary/aromatic N) is 2. The fourth-order valence-electron chi connectivity index (χ4n) is 2.87. The second-order valence-corrected chi connectivity index (χ2v) is 6.66. The van der Waals surface area contributed by atoms with Crippen LogP contribution in [-0.2, 0) is 13.1 Å². The molecular weight excluding hydrogens is 266 g/mol. The number of rotatable bonds is 5. The maximum absolute atomic E-state index is 4.81. The molecule has 0 amide bonds. The fraction of sp³-hybridized carbons (Fsp3) is 0.562. The van der Waals surface area contributed by atoms with Crippen LogP contribution in [0.4, 0.5) is 0 Å². The molecule has 0 spiro atoms. The monoisotopic (exact) mass is 289 g/mol. The van der Waals surface area contributed by atoms with Gasteiger partial charge in [0.05, 0.1) is 17.6 Å². The number of para-hydroxylation sites is 2. The molecule has 1 saturated heterocycles. The molecule has 0 aliphatic carbocycles. The third kappa shape index (κ3) is 3.01. The van der Waals surface area contributed by atoms with Crippen LogP contribution < -0.4 is 5.32 Å². The third-order valence-electron chi connectivity index (χ3n) is 3.95. The Kier molecular flexibility index (Phi) is 4.63. The molecule has 0 bridgehead atoms. The van der Waals surface area contributed by atoms with Crippen molar-refractivity contribution in [3.63, 3.8) is 0 Å². The first kappa shape index (κ1) is 14.0. The number of nitrogens with one attached hydrogen (secondary N) is 1. The van der Waals surface area contributed by atoms with Crippen molar-refractivity contribution >= 4 is 22.8 Å². The quantitative estimate of drug-likeness (QED) is 0.914. The van der Waals surface area contributed by atoms with E-state index >= 15 is 0 Å². The van der Waals surface area contributed by atoms with Crippen LogP contribution in [0.5, 0.6) is 0 Å². The molecule has 20 heavy (non-hydrogen) atoms. The Bertz CT molecular complexity index is 558. The Hall–Kier alpha value is -1.00. The average molecular weight is 289 g/mol. The van der Waals surface area contributed by atoms with E-state index in [1.807, 2.05) is 0 Å². The van der Waals surface area contributed by atoms with E-state index in [0.717, 1.165) is 25.0 Å². The number of benzene rings is 1. The lowest BCUT2D eigenvalue weighted by molar-refractivity contribution is 0.466. The first-order chi connectivity index (χ1) is 9.88. The van der Waals surface area contributed by atoms with E-state index < -0.39 is 0 Å². The molecule has 0 atom stereocenters. The van der Waals surface area contributed by atoms with Crippen molar-refractivity contribution in [2.45, 2.75) is 45.3 Å². The predicted octanol–water partition coefficient (Wildman–Crippen LogP) is 3.43. The normalized spacial score (nSPS) is 16.9. The fourth-order valence-corrected chi connectivity index (χ4v) is 3.98. The van der Waals surface area contributed by atoms with Crippen molar-refractivity contribution in [3.8, 4) is 0 Å². The van der Waals surface area contributed by atoms with Crippen LogP contribution >= 0.6 is 11.8 Å². The third-order valence-corrected chi connectivity index (χ3v) is 5.00. The minimum Gasteiger partial charge on any atom is -0.327 e. The van der Waals surface area contributed by atoms with Crippen LogP contribution in [0.1, 0.15) is 32.0 Å². The summed E-state index contributed by atoms with van der Waals surface area (Å²) >= 11 is 2.07. The van der Waals surface area contributed by atoms with Crippen molar-refractivity contribution in [1.82, 2.24) is 14.9 Å². The van der Waals surface area contributed by atoms with Gasteiger partial charge >= 0.3 is 0 Å². The summed E-state index contributed by atoms with van der Waals surface area (Å²) in [6, 6.07) is 9.14. The van der Waals surface area contributed by atoms with Gasteiger partial charge in [-0.3, -0.25) is 0 Å². The van der Waals surface area contributed by atoms with Gasteiger partial charge in [-0.05, 0) is 42.9 Å². The van der Waals surface area contributed by atoms with E-state index in [4.69, 9.17) is 4.98 Å². The topological polar surface area (TPSA) is 29.9 Å². The van der Waals surface area contributed by atoms with Crippen molar-refractivity contribution in [2.75, 3.05) is 11.5 Å². The number of hydrogen-bond donors (Lipinski definition) is 1. The largest absolute Gasteiger partial charge is 0.327 e. The second kappa shape index (κ2) is 6.64. The molecular formula is C16H23N3S. The van der Waals surface area contributed by atoms with Crippen LogP contribution in [0.2, 0.25) is 0 Å². The van der Waals surface area contributed by atoms with Gasteiger partial charge in [0.2, 0.25) is 0 Å². The lowest BCUT2D eigenvalue weighted by Crippen LogP contribution is -2.33. The van der Waals surface area contributed by atoms with Crippen LogP contribution in [0.25, 0.3) is 11.0 Å². The molecule has 108 valence electrons. The molecule has 1 aliphatic rings. The van der Waals surface area contributed by atoms with Gasteiger partial charge in [-0.25, -0.2) is 4.98 Å². The SMILES string of the molecule is CCCn1c(CNC2CCSCC2)nc2ccccc21. The van der Waals surface area contributed by atoms with Crippen molar-refractivity contribution in [2.24, 2.45) is 0 Å². The molecule has 0 radical (unpaired) electrons. The van der Waals surface area contributed by atoms with E-state index in [2.05, 4.69) is 52.8 Å². The number of hydrogen-bond acceptors (Lipinski definition) is 3. The molecule has 2 heterocycles. The molecule has 1 N–H and O–H groups in total. The average Bonchev–Trinajstić information content (AvgIpc) is 2.85. The minimum atomic E-state index is 0.672. The van der Waals surface area contributed by atoms with Crippen molar-refractivity contribution < 1.29 is 0 Å². The highest BCUT2D eigenvalue weighted by Gasteiger charge is 2.15. The smallest absolute Gasteiger partial charge is 0.123 e. The number of aromatic nitrogens is 2. The van der Waals surface area contributed by atoms with Gasteiger partial charge in [0.1, 0.15) is 5.82 Å². The second-order valence-electron chi connectivity index (χ2n) is 5.44. The summed E-state index contributed by atoms with van der Waals surface area (Å²) in [5.41, 5.74) is 2.39. The van der Waals surface area contributed by atoms with Gasteiger partial charge in [-0.15, -0.1) is 0 Å². The molecule has 1 aliphatic heterocycles. The summed E-state index contributed by atoms with van der Waals surface area (Å²) in [5.74, 6) is 3.78. The van der Waals surface area contributed by atoms with Crippen molar-refractivity contribution in [1.29, 1.82) is 0 Å². The number of imidazole rings is 1. The number of thioether (sulfide) groups is 1. The van der Waals surface area contributed by atoms with Gasteiger partial charge in [-0.1, -0.05) is 19.1 Å². The molecule has 4 heteroatoms. The summed E-state index contributed by atoms with van der Waals surface area (Å²) < 4.78 is 2.37. The highest BCUT2D eigenvalue weighted by molar-refractivity contribution is 7.99. The Balaban J connectivity index is 1.77. The summed E-state index contributed by atoms with van der Waals surface area (Å²) in [6.07, 6.45) is 3.73. The zero-order valence-electron chi connectivity index (χ0n) is 12.1.